The molecule has 1 aromatic heterocycles. The van der Waals surface area contributed by atoms with Gasteiger partial charge in [0.2, 0.25) is 0 Å². The Balaban J connectivity index is 2.49. The number of pyridine rings is 1. The zero-order valence-corrected chi connectivity index (χ0v) is 9.29. The van der Waals surface area contributed by atoms with Crippen LogP contribution < -0.4 is 5.32 Å². The van der Waals surface area contributed by atoms with Gasteiger partial charge in [-0.1, -0.05) is 6.07 Å². The van der Waals surface area contributed by atoms with Gasteiger partial charge in [-0.2, -0.15) is 0 Å². The van der Waals surface area contributed by atoms with Gasteiger partial charge < -0.3 is 5.32 Å². The predicted octanol–water partition coefficient (Wildman–Crippen LogP) is 3.24. The Bertz CT molecular complexity index is 509. The number of anilines is 1. The van der Waals surface area contributed by atoms with Gasteiger partial charge in [0.05, 0.1) is 5.69 Å². The van der Waals surface area contributed by atoms with E-state index in [9.17, 15) is 4.39 Å². The van der Waals surface area contributed by atoms with Crippen molar-refractivity contribution in [3.8, 4) is 11.3 Å². The molecule has 0 amide bonds. The molecule has 0 aliphatic heterocycles. The van der Waals surface area contributed by atoms with Crippen LogP contribution in [0.3, 0.4) is 0 Å². The molecular weight excluding hydrogens is 203 g/mol. The predicted molar refractivity (Wildman–Crippen MR) is 63.9 cm³/mol. The largest absolute Gasteiger partial charge is 0.373 e. The molecule has 0 saturated carbocycles. The highest BCUT2D eigenvalue weighted by Crippen LogP contribution is 2.23. The zero-order chi connectivity index (χ0) is 11.5. The van der Waals surface area contributed by atoms with Crippen molar-refractivity contribution in [2.45, 2.75) is 6.92 Å². The van der Waals surface area contributed by atoms with Crippen molar-refractivity contribution in [1.29, 1.82) is 0 Å². The maximum Gasteiger partial charge on any atom is 0.126 e. The molecule has 2 rings (SSSR count). The summed E-state index contributed by atoms with van der Waals surface area (Å²) >= 11 is 0. The molecule has 2 aromatic rings. The summed E-state index contributed by atoms with van der Waals surface area (Å²) < 4.78 is 13.0. The van der Waals surface area contributed by atoms with Gasteiger partial charge >= 0.3 is 0 Å². The van der Waals surface area contributed by atoms with E-state index in [1.165, 1.54) is 12.1 Å². The first-order valence-corrected chi connectivity index (χ1v) is 5.12. The van der Waals surface area contributed by atoms with Crippen LogP contribution in [0, 0.1) is 12.7 Å². The molecule has 0 aliphatic carbocycles. The molecule has 0 radical (unpaired) electrons. The first-order chi connectivity index (χ1) is 7.70. The Labute approximate surface area is 94.2 Å². The smallest absolute Gasteiger partial charge is 0.126 e. The van der Waals surface area contributed by atoms with E-state index in [1.54, 1.807) is 6.07 Å². The number of aromatic nitrogens is 1. The molecule has 0 atom stereocenters. The van der Waals surface area contributed by atoms with Crippen LogP contribution >= 0.6 is 0 Å². The number of aryl methyl sites for hydroxylation is 1. The average molecular weight is 216 g/mol. The Hall–Kier alpha value is -1.90. The number of nitrogens with one attached hydrogen (secondary N) is 1. The van der Waals surface area contributed by atoms with Crippen molar-refractivity contribution >= 4 is 5.82 Å². The number of nitrogens with zero attached hydrogens (tertiary/aromatic N) is 1. The van der Waals surface area contributed by atoms with Crippen LogP contribution in [0.25, 0.3) is 11.3 Å². The molecule has 1 heterocycles. The molecule has 0 aliphatic rings. The van der Waals surface area contributed by atoms with Gasteiger partial charge in [0, 0.05) is 12.6 Å². The van der Waals surface area contributed by atoms with Crippen molar-refractivity contribution in [2.75, 3.05) is 12.4 Å². The number of rotatable bonds is 2. The first kappa shape index (κ1) is 10.6. The van der Waals surface area contributed by atoms with Crippen LogP contribution in [0.2, 0.25) is 0 Å². The molecule has 82 valence electrons. The van der Waals surface area contributed by atoms with E-state index in [2.05, 4.69) is 10.3 Å². The van der Waals surface area contributed by atoms with Crippen molar-refractivity contribution in [3.63, 3.8) is 0 Å². The summed E-state index contributed by atoms with van der Waals surface area (Å²) in [6, 6.07) is 10.5. The van der Waals surface area contributed by atoms with E-state index in [-0.39, 0.29) is 5.82 Å². The lowest BCUT2D eigenvalue weighted by atomic mass is 10.1. The van der Waals surface area contributed by atoms with Gasteiger partial charge in [-0.3, -0.25) is 0 Å². The van der Waals surface area contributed by atoms with Gasteiger partial charge in [-0.05, 0) is 42.8 Å². The quantitative estimate of drug-likeness (QED) is 0.833. The maximum atomic E-state index is 13.0. The Morgan fingerprint density at radius 2 is 2.00 bits per heavy atom. The minimum Gasteiger partial charge on any atom is -0.373 e. The van der Waals surface area contributed by atoms with E-state index < -0.39 is 0 Å². The van der Waals surface area contributed by atoms with Crippen LogP contribution in [-0.4, -0.2) is 12.0 Å². The van der Waals surface area contributed by atoms with Crippen LogP contribution in [0.15, 0.2) is 36.4 Å². The number of hydrogen-bond donors (Lipinski definition) is 1. The molecule has 0 spiro atoms. The molecule has 0 fully saturated rings. The van der Waals surface area contributed by atoms with E-state index in [0.717, 1.165) is 22.6 Å². The highest BCUT2D eigenvalue weighted by Gasteiger charge is 2.04. The summed E-state index contributed by atoms with van der Waals surface area (Å²) in [4.78, 5) is 4.42. The van der Waals surface area contributed by atoms with Gasteiger partial charge in [0.25, 0.3) is 0 Å². The Morgan fingerprint density at radius 1 is 1.19 bits per heavy atom. The average Bonchev–Trinajstić information content (AvgIpc) is 2.29. The third-order valence-electron chi connectivity index (χ3n) is 2.47. The monoisotopic (exact) mass is 216 g/mol. The fraction of sp³-hybridized carbons (Fsp3) is 0.154. The summed E-state index contributed by atoms with van der Waals surface area (Å²) in [5.74, 6) is 0.590. The van der Waals surface area contributed by atoms with Gasteiger partial charge in [-0.15, -0.1) is 0 Å². The van der Waals surface area contributed by atoms with E-state index in [4.69, 9.17) is 0 Å². The highest BCUT2D eigenvalue weighted by molar-refractivity contribution is 5.64. The molecule has 0 saturated heterocycles. The SMILES string of the molecule is CNc1cccc(-c2ccc(F)cc2C)n1. The lowest BCUT2D eigenvalue weighted by Gasteiger charge is -2.07. The fourth-order valence-electron chi connectivity index (χ4n) is 1.64. The minimum absolute atomic E-state index is 0.217. The standard InChI is InChI=1S/C13H13FN2/c1-9-8-10(14)6-7-11(9)12-4-3-5-13(15-2)16-12/h3-8H,1-2H3,(H,15,16). The van der Waals surface area contributed by atoms with Gasteiger partial charge in [0.1, 0.15) is 11.6 Å². The van der Waals surface area contributed by atoms with E-state index >= 15 is 0 Å². The van der Waals surface area contributed by atoms with Crippen LogP contribution in [-0.2, 0) is 0 Å². The number of halogens is 1. The molecule has 0 bridgehead atoms. The third kappa shape index (κ3) is 2.03. The van der Waals surface area contributed by atoms with Gasteiger partial charge in [0.15, 0.2) is 0 Å². The molecule has 1 N–H and O–H groups in total. The zero-order valence-electron chi connectivity index (χ0n) is 9.29. The summed E-state index contributed by atoms with van der Waals surface area (Å²) in [6.45, 7) is 1.88. The highest BCUT2D eigenvalue weighted by atomic mass is 19.1. The molecule has 3 heteroatoms. The second kappa shape index (κ2) is 4.31. The number of benzene rings is 1. The lowest BCUT2D eigenvalue weighted by Crippen LogP contribution is -1.94. The maximum absolute atomic E-state index is 13.0. The van der Waals surface area contributed by atoms with Crippen LogP contribution in [0.1, 0.15) is 5.56 Å². The number of hydrogen-bond acceptors (Lipinski definition) is 2. The van der Waals surface area contributed by atoms with Crippen molar-refractivity contribution < 1.29 is 4.39 Å². The first-order valence-electron chi connectivity index (χ1n) is 5.12. The van der Waals surface area contributed by atoms with Crippen LogP contribution in [0.4, 0.5) is 10.2 Å². The van der Waals surface area contributed by atoms with E-state index in [1.807, 2.05) is 32.2 Å². The van der Waals surface area contributed by atoms with Crippen molar-refractivity contribution in [3.05, 3.63) is 47.8 Å². The lowest BCUT2D eigenvalue weighted by molar-refractivity contribution is 0.627. The van der Waals surface area contributed by atoms with Crippen molar-refractivity contribution in [2.24, 2.45) is 0 Å². The second-order valence-corrected chi connectivity index (χ2v) is 3.62. The summed E-state index contributed by atoms with van der Waals surface area (Å²) in [5.41, 5.74) is 2.70. The third-order valence-corrected chi connectivity index (χ3v) is 2.47. The molecule has 1 aromatic carbocycles. The second-order valence-electron chi connectivity index (χ2n) is 3.62. The summed E-state index contributed by atoms with van der Waals surface area (Å²) in [7, 11) is 1.82. The van der Waals surface area contributed by atoms with Crippen LogP contribution in [0.5, 0.6) is 0 Å². The Morgan fingerprint density at radius 3 is 2.69 bits per heavy atom. The van der Waals surface area contributed by atoms with Crippen molar-refractivity contribution in [1.82, 2.24) is 4.98 Å². The minimum atomic E-state index is -0.217. The topological polar surface area (TPSA) is 24.9 Å². The summed E-state index contributed by atoms with van der Waals surface area (Å²) in [6.07, 6.45) is 0. The van der Waals surface area contributed by atoms with Gasteiger partial charge in [-0.25, -0.2) is 9.37 Å². The Kier molecular flexibility index (Phi) is 2.86. The van der Waals surface area contributed by atoms with E-state index in [0.29, 0.717) is 0 Å². The summed E-state index contributed by atoms with van der Waals surface area (Å²) in [5, 5.41) is 2.98. The normalized spacial score (nSPS) is 10.2. The molecular formula is C13H13FN2. The molecule has 2 nitrogen and oxygen atoms in total. The molecule has 0 unspecified atom stereocenters. The fourth-order valence-corrected chi connectivity index (χ4v) is 1.64. The molecule has 16 heavy (non-hydrogen) atoms.